The highest BCUT2D eigenvalue weighted by molar-refractivity contribution is 14.2. The third kappa shape index (κ3) is 45.0. The molecule has 0 saturated heterocycles. The van der Waals surface area contributed by atoms with E-state index in [1.807, 2.05) is 81.7 Å². The Morgan fingerprint density at radius 3 is 0.689 bits per heavy atom. The lowest BCUT2D eigenvalue weighted by atomic mass is 9.65. The van der Waals surface area contributed by atoms with Crippen LogP contribution in [0, 0.1) is 21.7 Å². The molecule has 0 aliphatic heterocycles. The molecule has 6 aromatic rings. The van der Waals surface area contributed by atoms with Gasteiger partial charge >= 0.3 is 23.9 Å². The third-order valence-corrected chi connectivity index (χ3v) is 39.6. The summed E-state index contributed by atoms with van der Waals surface area (Å²) < 4.78 is 19.9. The van der Waals surface area contributed by atoms with Crippen LogP contribution in [0.4, 0.5) is 0 Å². The lowest BCUT2D eigenvalue weighted by Gasteiger charge is -2.40. The lowest BCUT2D eigenvalue weighted by Crippen LogP contribution is -2.34. The van der Waals surface area contributed by atoms with Gasteiger partial charge in [-0.05, 0) is 213 Å². The highest BCUT2D eigenvalue weighted by Gasteiger charge is 2.42. The summed E-state index contributed by atoms with van der Waals surface area (Å²) in [5.74, 6) is 0.839. The van der Waals surface area contributed by atoms with Gasteiger partial charge in [-0.25, -0.2) is 0 Å². The molecule has 0 heterocycles. The largest absolute Gasteiger partial charge is 0.468 e. The number of carbonyl (C=O) groups is 4. The maximum atomic E-state index is 12.6. The normalized spacial score (nSPS) is 15.1. The van der Waals surface area contributed by atoms with Crippen LogP contribution < -0.4 is 0 Å². The first-order chi connectivity index (χ1) is 56.8. The Morgan fingerprint density at radius 1 is 0.320 bits per heavy atom. The molecule has 0 aromatic heterocycles. The van der Waals surface area contributed by atoms with Gasteiger partial charge in [0.05, 0.1) is 28.4 Å². The lowest BCUT2D eigenvalue weighted by molar-refractivity contribution is -0.144. The minimum absolute atomic E-state index is 0.0239. The van der Waals surface area contributed by atoms with Crippen LogP contribution in [0.3, 0.4) is 0 Å². The van der Waals surface area contributed by atoms with Crippen LogP contribution in [-0.2, 0) is 59.8 Å². The average Bonchev–Trinajstić information content (AvgIpc) is 0.810. The van der Waals surface area contributed by atoms with E-state index in [2.05, 4.69) is 286 Å². The molecule has 0 saturated carbocycles. The molecule has 0 aliphatic rings. The standard InChI is InChI=1S/C45H62Cl2O4.C44H60Cl2O4.3C2H4BCl2IP/c1-41(2,27-34(26-38(46)39(48)50-10)32-18-14-12-15-19-32)30-43(5,6)36-22-24-37(25-23-36)44(7,8)31-42(3,4)28-35(33-20-16-13-17-21-33)29-45(9,47)40(49)51-11;1-41(2,27-33(25-37(45)39(47)49-9)31-17-13-11-14-18-31)29-43(5,6)35-21-23-36(24-22-35)44(7,8)30-42(3,4)28-34(26-38(46)40(48)50-10)32-19-15-12-16-20-32;3*4-1-3-7(6)2-5/h12-25,34-35,38H,26-31H2,1-11H3;11-24,33-34,37-38H,25-30H2,1-10H3;3*1-2H2. The number of alkyl halides is 10. The molecular weight excluding hydrogens is 2130 g/mol. The number of benzene rings is 6. The van der Waals surface area contributed by atoms with Gasteiger partial charge in [0.2, 0.25) is 0 Å². The van der Waals surface area contributed by atoms with Crippen molar-refractivity contribution in [1.82, 2.24) is 0 Å². The van der Waals surface area contributed by atoms with Crippen molar-refractivity contribution >= 4 is 243 Å². The molecule has 8 nitrogen and oxygen atoms in total. The molecule has 6 rings (SSSR count). The Hall–Kier alpha value is -0.225. The van der Waals surface area contributed by atoms with Crippen molar-refractivity contribution in [2.75, 3.05) is 62.6 Å². The molecule has 0 N–H and O–H groups in total. The fourth-order valence-corrected chi connectivity index (χ4v) is 25.8. The van der Waals surface area contributed by atoms with E-state index in [0.29, 0.717) is 43.0 Å². The maximum absolute atomic E-state index is 12.6. The number of hydrogen-bond acceptors (Lipinski definition) is 8. The first-order valence-electron chi connectivity index (χ1n) is 41.3. The summed E-state index contributed by atoms with van der Waals surface area (Å²) in [4.78, 5) is 48.2. The van der Waals surface area contributed by atoms with Gasteiger partial charge in [0.1, 0.15) is 21.0 Å². The third-order valence-electron chi connectivity index (χ3n) is 22.1. The second-order valence-electron chi connectivity index (χ2n) is 37.4. The van der Waals surface area contributed by atoms with Crippen LogP contribution in [0.2, 0.25) is 0 Å². The minimum Gasteiger partial charge on any atom is -0.468 e. The Bertz CT molecular complexity index is 3780. The molecule has 0 amide bonds. The molecule has 0 fully saturated rings. The van der Waals surface area contributed by atoms with Gasteiger partial charge in [0, 0.05) is 16.9 Å². The fourth-order valence-electron chi connectivity index (χ4n) is 17.7. The maximum Gasteiger partial charge on any atom is 0.326 e. The molecule has 3 radical (unpaired) electrons. The quantitative estimate of drug-likeness (QED) is 0.00930. The summed E-state index contributed by atoms with van der Waals surface area (Å²) in [6, 6.07) is 60.0. The van der Waals surface area contributed by atoms with Gasteiger partial charge < -0.3 is 18.9 Å². The second kappa shape index (κ2) is 58.0. The van der Waals surface area contributed by atoms with Crippen LogP contribution >= 0.6 is 198 Å². The van der Waals surface area contributed by atoms with Gasteiger partial charge in [-0.1, -0.05) is 363 Å². The van der Waals surface area contributed by atoms with Crippen molar-refractivity contribution in [3.05, 3.63) is 214 Å². The number of hydrogen-bond donors (Lipinski definition) is 0. The van der Waals surface area contributed by atoms with Crippen molar-refractivity contribution in [2.45, 2.75) is 261 Å². The predicted molar refractivity (Wildman–Crippen MR) is 568 cm³/mol. The van der Waals surface area contributed by atoms with Crippen LogP contribution in [-0.4, -0.2) is 129 Å². The zero-order chi connectivity index (χ0) is 92.7. The van der Waals surface area contributed by atoms with E-state index in [1.165, 1.54) is 72.9 Å². The van der Waals surface area contributed by atoms with Gasteiger partial charge in [-0.2, -0.15) is 0 Å². The molecule has 6 aromatic carbocycles. The number of halogens is 13. The van der Waals surface area contributed by atoms with Crippen molar-refractivity contribution in [3.63, 3.8) is 0 Å². The molecule has 122 heavy (non-hydrogen) atoms. The number of ether oxygens (including phenoxy) is 4. The summed E-state index contributed by atoms with van der Waals surface area (Å²) in [7, 11) is 5.57. The van der Waals surface area contributed by atoms with Crippen molar-refractivity contribution in [1.29, 1.82) is 0 Å². The summed E-state index contributed by atoms with van der Waals surface area (Å²) in [6.45, 7) is 45.1. The molecule has 0 bridgehead atoms. The number of rotatable bonds is 45. The van der Waals surface area contributed by atoms with Crippen LogP contribution in [0.15, 0.2) is 170 Å². The zero-order valence-electron chi connectivity index (χ0n) is 75.7. The fraction of sp³-hybridized carbons (Fsp3) is 0.579. The van der Waals surface area contributed by atoms with Crippen molar-refractivity contribution < 1.29 is 38.1 Å². The first kappa shape index (κ1) is 118. The topological polar surface area (TPSA) is 105 Å². The van der Waals surface area contributed by atoms with E-state index >= 15 is 0 Å². The van der Waals surface area contributed by atoms with E-state index in [0.717, 1.165) is 68.2 Å². The summed E-state index contributed by atoms with van der Waals surface area (Å²) >= 11 is 65.7. The summed E-state index contributed by atoms with van der Waals surface area (Å²) in [6.07, 6.45) is 9.55. The van der Waals surface area contributed by atoms with Gasteiger partial charge in [0.15, 0.2) is 21.0 Å². The van der Waals surface area contributed by atoms with Crippen molar-refractivity contribution in [2.24, 2.45) is 21.7 Å². The van der Waals surface area contributed by atoms with Crippen LogP contribution in [0.5, 0.6) is 0 Å². The summed E-state index contributed by atoms with van der Waals surface area (Å²) in [5.41, 5.74) is 11.5. The monoisotopic (exact) mass is 2260 g/mol. The molecule has 27 heteroatoms. The highest BCUT2D eigenvalue weighted by atomic mass is 127. The molecule has 0 aliphatic carbocycles. The van der Waals surface area contributed by atoms with E-state index in [9.17, 15) is 19.2 Å². The zero-order valence-corrected chi connectivity index (χ0v) is 92.4. The Kier molecular flexibility index (Phi) is 56.1. The molecule has 677 valence electrons. The number of methoxy groups -OCH3 is 4. The highest BCUT2D eigenvalue weighted by Crippen LogP contribution is 2.52. The van der Waals surface area contributed by atoms with Gasteiger partial charge in [-0.15, -0.1) is 116 Å². The Balaban J connectivity index is 0.000000666. The molecule has 0 spiro atoms. The molecule has 11 atom stereocenters. The van der Waals surface area contributed by atoms with Crippen LogP contribution in [0.1, 0.15) is 263 Å². The second-order valence-corrected chi connectivity index (χ2v) is 58.3. The molecular formula is C95H134B3Cl10I3O8P3. The number of carbonyl (C=O) groups excluding carboxylic acids is 4. The number of esters is 4. The van der Waals surface area contributed by atoms with E-state index in [4.69, 9.17) is 135 Å². The Morgan fingerprint density at radius 2 is 0.516 bits per heavy atom. The Labute approximate surface area is 832 Å². The predicted octanol–water partition coefficient (Wildman–Crippen LogP) is 32.4. The smallest absolute Gasteiger partial charge is 0.326 e. The average molecular weight is 2260 g/mol. The minimum atomic E-state index is -1.10. The van der Waals surface area contributed by atoms with Crippen molar-refractivity contribution in [3.8, 4) is 0 Å². The SMILES string of the molecule is COC(=O)C(Cl)CC(CC(C)(C)CC(C)(C)c1ccc(C(C)(C)CC(C)(C)CC(CC(C)(Cl)C(=O)OC)c2ccccc2)cc1)c1ccccc1.COC(=O)C(Cl)CC(CC(C)(C)CC(C)(C)c1ccc(C(C)(C)CC(C)(C)CC(CC(Cl)C(=O)OC)c2ccccc2)cc1)c1ccccc1.ClC[B]P(I)CCl.ClC[B]P(I)CCl.ClC[B]P(I)CCl. The van der Waals surface area contributed by atoms with Gasteiger partial charge in [-0.3, -0.25) is 19.2 Å². The molecule has 11 unspecified atom stereocenters. The van der Waals surface area contributed by atoms with E-state index in [-0.39, 0.29) is 101 Å². The first-order valence-corrected chi connectivity index (χ1v) is 59.4. The van der Waals surface area contributed by atoms with Gasteiger partial charge in [0.25, 0.3) is 0 Å². The van der Waals surface area contributed by atoms with E-state index < -0.39 is 27.0 Å². The van der Waals surface area contributed by atoms with E-state index in [1.54, 1.807) is 6.92 Å². The summed E-state index contributed by atoms with van der Waals surface area (Å²) in [5, 5.41) is -2.05. The van der Waals surface area contributed by atoms with Crippen LogP contribution in [0.25, 0.3) is 0 Å².